The molecule has 3 rings (SSSR count). The highest BCUT2D eigenvalue weighted by atomic mass is 32.2. The van der Waals surface area contributed by atoms with E-state index in [4.69, 9.17) is 0 Å². The SMILES string of the molecule is Cc1ccc(/C=C/S(=O)(=O)NC2CCCN(CC(=O)N3CCCC3)C2=O)s1. The minimum absolute atomic E-state index is 0.0291. The Morgan fingerprint density at radius 2 is 2.00 bits per heavy atom. The first-order valence-corrected chi connectivity index (χ1v) is 11.5. The highest BCUT2D eigenvalue weighted by Crippen LogP contribution is 2.18. The van der Waals surface area contributed by atoms with Crippen molar-refractivity contribution in [3.63, 3.8) is 0 Å². The lowest BCUT2D eigenvalue weighted by Crippen LogP contribution is -2.54. The first-order valence-electron chi connectivity index (χ1n) is 9.17. The van der Waals surface area contributed by atoms with Gasteiger partial charge in [-0.25, -0.2) is 8.42 Å². The number of rotatable bonds is 6. The molecule has 2 saturated heterocycles. The summed E-state index contributed by atoms with van der Waals surface area (Å²) >= 11 is 1.50. The largest absolute Gasteiger partial charge is 0.341 e. The van der Waals surface area contributed by atoms with Crippen LogP contribution >= 0.6 is 11.3 Å². The molecule has 0 spiro atoms. The number of piperidine rings is 1. The van der Waals surface area contributed by atoms with Crippen molar-refractivity contribution in [2.24, 2.45) is 0 Å². The van der Waals surface area contributed by atoms with Crippen LogP contribution in [0.3, 0.4) is 0 Å². The Morgan fingerprint density at radius 3 is 2.67 bits per heavy atom. The highest BCUT2D eigenvalue weighted by Gasteiger charge is 2.33. The van der Waals surface area contributed by atoms with Gasteiger partial charge < -0.3 is 9.80 Å². The quantitative estimate of drug-likeness (QED) is 0.770. The Balaban J connectivity index is 1.59. The van der Waals surface area contributed by atoms with Crippen LogP contribution in [0.15, 0.2) is 17.5 Å². The molecule has 9 heteroatoms. The number of hydrogen-bond donors (Lipinski definition) is 1. The fourth-order valence-electron chi connectivity index (χ4n) is 3.37. The monoisotopic (exact) mass is 411 g/mol. The molecule has 148 valence electrons. The van der Waals surface area contributed by atoms with Gasteiger partial charge in [0.25, 0.3) is 0 Å². The number of aryl methyl sites for hydroxylation is 1. The van der Waals surface area contributed by atoms with Crippen LogP contribution in [-0.2, 0) is 19.6 Å². The molecule has 0 saturated carbocycles. The summed E-state index contributed by atoms with van der Waals surface area (Å²) in [7, 11) is -3.74. The number of carbonyl (C=O) groups is 2. The minimum Gasteiger partial charge on any atom is -0.341 e. The molecule has 1 aromatic heterocycles. The number of amides is 2. The number of thiophene rings is 1. The molecule has 0 bridgehead atoms. The van der Waals surface area contributed by atoms with E-state index in [9.17, 15) is 18.0 Å². The summed E-state index contributed by atoms with van der Waals surface area (Å²) in [4.78, 5) is 30.1. The van der Waals surface area contributed by atoms with Gasteiger partial charge in [-0.3, -0.25) is 9.59 Å². The average Bonchev–Trinajstić information content (AvgIpc) is 3.28. The molecule has 1 N–H and O–H groups in total. The van der Waals surface area contributed by atoms with Crippen molar-refractivity contribution in [1.82, 2.24) is 14.5 Å². The molecule has 2 aliphatic heterocycles. The van der Waals surface area contributed by atoms with Crippen LogP contribution in [0.2, 0.25) is 0 Å². The molecule has 1 atom stereocenters. The number of likely N-dealkylation sites (tertiary alicyclic amines) is 2. The van der Waals surface area contributed by atoms with Crippen molar-refractivity contribution in [3.05, 3.63) is 27.3 Å². The molecule has 0 aliphatic carbocycles. The van der Waals surface area contributed by atoms with Gasteiger partial charge in [-0.1, -0.05) is 0 Å². The summed E-state index contributed by atoms with van der Waals surface area (Å²) < 4.78 is 27.1. The van der Waals surface area contributed by atoms with E-state index >= 15 is 0 Å². The molecular weight excluding hydrogens is 386 g/mol. The molecular formula is C18H25N3O4S2. The zero-order chi connectivity index (χ0) is 19.4. The van der Waals surface area contributed by atoms with E-state index < -0.39 is 16.1 Å². The van der Waals surface area contributed by atoms with Crippen molar-refractivity contribution in [2.75, 3.05) is 26.2 Å². The van der Waals surface area contributed by atoms with E-state index in [1.807, 2.05) is 19.1 Å². The predicted molar refractivity (Wildman–Crippen MR) is 106 cm³/mol. The summed E-state index contributed by atoms with van der Waals surface area (Å²) in [6.45, 7) is 3.95. The Hall–Kier alpha value is -1.71. The number of nitrogens with zero attached hydrogens (tertiary/aromatic N) is 2. The van der Waals surface area contributed by atoms with Gasteiger partial charge >= 0.3 is 0 Å². The fraction of sp³-hybridized carbons (Fsp3) is 0.556. The fourth-order valence-corrected chi connectivity index (χ4v) is 5.26. The molecule has 1 unspecified atom stereocenters. The van der Waals surface area contributed by atoms with E-state index in [-0.39, 0.29) is 18.4 Å². The smallest absolute Gasteiger partial charge is 0.242 e. The molecule has 2 amide bonds. The van der Waals surface area contributed by atoms with Crippen LogP contribution in [0.25, 0.3) is 6.08 Å². The van der Waals surface area contributed by atoms with Gasteiger partial charge in [-0.15, -0.1) is 11.3 Å². The molecule has 27 heavy (non-hydrogen) atoms. The van der Waals surface area contributed by atoms with Gasteiger partial charge in [0.1, 0.15) is 6.04 Å². The molecule has 3 heterocycles. The maximum atomic E-state index is 12.6. The molecule has 0 radical (unpaired) electrons. The first kappa shape index (κ1) is 20.0. The Kier molecular flexibility index (Phi) is 6.33. The number of hydrogen-bond acceptors (Lipinski definition) is 5. The lowest BCUT2D eigenvalue weighted by Gasteiger charge is -2.32. The zero-order valence-corrected chi connectivity index (χ0v) is 17.0. The van der Waals surface area contributed by atoms with Gasteiger partial charge in [0.05, 0.1) is 6.54 Å². The van der Waals surface area contributed by atoms with E-state index in [2.05, 4.69) is 4.72 Å². The Morgan fingerprint density at radius 1 is 1.26 bits per heavy atom. The second-order valence-corrected chi connectivity index (χ2v) is 9.87. The van der Waals surface area contributed by atoms with Crippen LogP contribution in [0, 0.1) is 6.92 Å². The summed E-state index contributed by atoms with van der Waals surface area (Å²) in [6, 6.07) is 2.96. The summed E-state index contributed by atoms with van der Waals surface area (Å²) in [5.41, 5.74) is 0. The second-order valence-electron chi connectivity index (χ2n) is 6.96. The van der Waals surface area contributed by atoms with Crippen LogP contribution in [0.1, 0.15) is 35.4 Å². The van der Waals surface area contributed by atoms with Crippen molar-refractivity contribution < 1.29 is 18.0 Å². The van der Waals surface area contributed by atoms with E-state index in [1.165, 1.54) is 22.3 Å². The van der Waals surface area contributed by atoms with Gasteiger partial charge in [0.2, 0.25) is 21.8 Å². The second kappa shape index (κ2) is 8.53. The minimum atomic E-state index is -3.74. The van der Waals surface area contributed by atoms with Crippen LogP contribution < -0.4 is 4.72 Å². The maximum absolute atomic E-state index is 12.6. The topological polar surface area (TPSA) is 86.8 Å². The zero-order valence-electron chi connectivity index (χ0n) is 15.4. The number of carbonyl (C=O) groups excluding carboxylic acids is 2. The Labute approximate surface area is 164 Å². The third kappa shape index (κ3) is 5.40. The van der Waals surface area contributed by atoms with Gasteiger partial charge in [-0.2, -0.15) is 4.72 Å². The van der Waals surface area contributed by atoms with Crippen molar-refractivity contribution >= 4 is 39.3 Å². The summed E-state index contributed by atoms with van der Waals surface area (Å²) in [6.07, 6.45) is 4.64. The maximum Gasteiger partial charge on any atom is 0.242 e. The van der Waals surface area contributed by atoms with Crippen molar-refractivity contribution in [2.45, 2.75) is 38.6 Å². The average molecular weight is 412 g/mol. The van der Waals surface area contributed by atoms with Crippen LogP contribution in [0.4, 0.5) is 0 Å². The standard InChI is InChI=1S/C18H25N3O4S2/c1-14-6-7-15(26-14)8-12-27(24,25)19-16-5-4-11-21(18(16)23)13-17(22)20-9-2-3-10-20/h6-8,12,16,19H,2-5,9-11,13H2,1H3/b12-8+. The highest BCUT2D eigenvalue weighted by molar-refractivity contribution is 7.92. The number of sulfonamides is 1. The van der Waals surface area contributed by atoms with Crippen LogP contribution in [0.5, 0.6) is 0 Å². The normalized spacial score (nSPS) is 21.4. The molecule has 7 nitrogen and oxygen atoms in total. The molecule has 0 aromatic carbocycles. The molecule has 2 aliphatic rings. The van der Waals surface area contributed by atoms with Gasteiger partial charge in [0.15, 0.2) is 0 Å². The molecule has 1 aromatic rings. The van der Waals surface area contributed by atoms with E-state index in [1.54, 1.807) is 4.90 Å². The van der Waals surface area contributed by atoms with Crippen molar-refractivity contribution in [3.8, 4) is 0 Å². The summed E-state index contributed by atoms with van der Waals surface area (Å²) in [5, 5.41) is 1.10. The van der Waals surface area contributed by atoms with E-state index in [0.717, 1.165) is 41.1 Å². The van der Waals surface area contributed by atoms with Gasteiger partial charge in [0, 0.05) is 34.8 Å². The summed E-state index contributed by atoms with van der Waals surface area (Å²) in [5.74, 6) is -0.380. The van der Waals surface area contributed by atoms with E-state index in [0.29, 0.717) is 19.4 Å². The number of nitrogens with one attached hydrogen (secondary N) is 1. The lowest BCUT2D eigenvalue weighted by atomic mass is 10.1. The third-order valence-electron chi connectivity index (χ3n) is 4.79. The van der Waals surface area contributed by atoms with Crippen molar-refractivity contribution in [1.29, 1.82) is 0 Å². The Bertz CT molecular complexity index is 825. The molecule has 2 fully saturated rings. The predicted octanol–water partition coefficient (Wildman–Crippen LogP) is 1.56. The van der Waals surface area contributed by atoms with Crippen LogP contribution in [-0.4, -0.2) is 62.3 Å². The third-order valence-corrected chi connectivity index (χ3v) is 6.87. The first-order chi connectivity index (χ1) is 12.8. The lowest BCUT2D eigenvalue weighted by molar-refractivity contribution is -0.142. The van der Waals surface area contributed by atoms with Gasteiger partial charge in [-0.05, 0) is 50.8 Å².